The Labute approximate surface area is 209 Å². The van der Waals surface area contributed by atoms with Crippen LogP contribution in [0.4, 0.5) is 5.69 Å². The number of nitrogens with two attached hydrogens (primary N) is 1. The van der Waals surface area contributed by atoms with E-state index in [-0.39, 0.29) is 17.0 Å². The van der Waals surface area contributed by atoms with Crippen LogP contribution in [0.15, 0.2) is 59.0 Å². The molecule has 36 heavy (non-hydrogen) atoms. The van der Waals surface area contributed by atoms with Gasteiger partial charge in [0.05, 0.1) is 11.6 Å². The van der Waals surface area contributed by atoms with Crippen molar-refractivity contribution in [1.82, 2.24) is 9.89 Å². The van der Waals surface area contributed by atoms with Crippen LogP contribution in [-0.2, 0) is 0 Å². The normalized spacial score (nSPS) is 11.0. The highest BCUT2D eigenvalue weighted by Crippen LogP contribution is 2.42. The number of nitrogens with one attached hydrogen (secondary N) is 1. The van der Waals surface area contributed by atoms with E-state index in [9.17, 15) is 14.7 Å². The summed E-state index contributed by atoms with van der Waals surface area (Å²) in [5.41, 5.74) is 9.48. The Morgan fingerprint density at radius 2 is 1.78 bits per heavy atom. The minimum Gasteiger partial charge on any atom is -0.478 e. The van der Waals surface area contributed by atoms with E-state index in [1.807, 2.05) is 74.1 Å². The molecule has 186 valence electrons. The van der Waals surface area contributed by atoms with Crippen LogP contribution in [0.1, 0.15) is 27.1 Å². The molecule has 0 saturated carbocycles. The number of carbonyl (C=O) groups excluding carboxylic acids is 1. The number of carboxylic acids is 1. The van der Waals surface area contributed by atoms with Crippen LogP contribution in [0.25, 0.3) is 33.4 Å². The summed E-state index contributed by atoms with van der Waals surface area (Å²) in [4.78, 5) is 27.0. The standard InChI is InChI=1S/C28H30N4O4/c1-31(2)18-7-10-21-24(15-18)36-25-16-19(32(3)4)8-11-22(25)26(21)20-9-6-17(14-23(20)28(34)35)27(33)30-13-5-12-29/h6-11,14-16H,5,12-13,29H2,1-4H3,(H-,30,33,34,35)/p+1. The van der Waals surface area contributed by atoms with Gasteiger partial charge >= 0.3 is 5.97 Å². The van der Waals surface area contributed by atoms with E-state index in [2.05, 4.69) is 5.32 Å². The average molecular weight is 488 g/mol. The Kier molecular flexibility index (Phi) is 7.07. The van der Waals surface area contributed by atoms with E-state index in [4.69, 9.17) is 10.2 Å². The highest BCUT2D eigenvalue weighted by Gasteiger charge is 2.23. The molecule has 1 amide bonds. The first kappa shape index (κ1) is 24.9. The third kappa shape index (κ3) is 4.81. The van der Waals surface area contributed by atoms with E-state index < -0.39 is 5.97 Å². The minimum absolute atomic E-state index is 0.0450. The first-order chi connectivity index (χ1) is 17.2. The quantitative estimate of drug-likeness (QED) is 0.210. The first-order valence-electron chi connectivity index (χ1n) is 11.8. The molecule has 8 nitrogen and oxygen atoms in total. The molecule has 8 heteroatoms. The van der Waals surface area contributed by atoms with E-state index in [1.165, 1.54) is 6.07 Å². The monoisotopic (exact) mass is 487 g/mol. The summed E-state index contributed by atoms with van der Waals surface area (Å²) in [6.45, 7) is 0.890. The molecule has 2 aromatic carbocycles. The number of hydrogen-bond acceptors (Lipinski definition) is 5. The third-order valence-corrected chi connectivity index (χ3v) is 6.17. The van der Waals surface area contributed by atoms with Gasteiger partial charge in [0.2, 0.25) is 5.36 Å². The second-order valence-corrected chi connectivity index (χ2v) is 9.09. The summed E-state index contributed by atoms with van der Waals surface area (Å²) in [5.74, 6) is -0.806. The van der Waals surface area contributed by atoms with E-state index in [0.29, 0.717) is 36.4 Å². The minimum atomic E-state index is -1.11. The maximum Gasteiger partial charge on any atom is 0.336 e. The van der Waals surface area contributed by atoms with Gasteiger partial charge in [-0.1, -0.05) is 6.07 Å². The zero-order chi connectivity index (χ0) is 26.0. The Morgan fingerprint density at radius 1 is 1.03 bits per heavy atom. The molecule has 0 spiro atoms. The molecule has 0 saturated heterocycles. The van der Waals surface area contributed by atoms with Gasteiger partial charge in [-0.2, -0.15) is 0 Å². The van der Waals surface area contributed by atoms with Gasteiger partial charge in [-0.25, -0.2) is 9.37 Å². The average Bonchev–Trinajstić information content (AvgIpc) is 2.86. The number of carboxylic acid groups (broad SMARTS) is 1. The van der Waals surface area contributed by atoms with Crippen molar-refractivity contribution in [3.8, 4) is 22.5 Å². The van der Waals surface area contributed by atoms with Crippen LogP contribution >= 0.6 is 0 Å². The second kappa shape index (κ2) is 10.2. The fourth-order valence-corrected chi connectivity index (χ4v) is 4.20. The van der Waals surface area contributed by atoms with Gasteiger partial charge < -0.3 is 25.5 Å². The molecule has 2 aromatic rings. The lowest BCUT2D eigenvalue weighted by molar-refractivity contribution is 0.0697. The molecule has 0 bridgehead atoms. The Hall–Kier alpha value is -4.17. The molecule has 0 atom stereocenters. The van der Waals surface area contributed by atoms with Crippen molar-refractivity contribution in [2.24, 2.45) is 5.73 Å². The van der Waals surface area contributed by atoms with Crippen molar-refractivity contribution in [2.45, 2.75) is 6.42 Å². The van der Waals surface area contributed by atoms with Gasteiger partial charge in [-0.3, -0.25) is 4.79 Å². The van der Waals surface area contributed by atoms with Crippen molar-refractivity contribution in [3.05, 3.63) is 71.1 Å². The Morgan fingerprint density at radius 3 is 2.44 bits per heavy atom. The molecule has 1 aliphatic carbocycles. The number of anilines is 1. The van der Waals surface area contributed by atoms with Gasteiger partial charge in [0.15, 0.2) is 0 Å². The number of aromatic carboxylic acids is 1. The van der Waals surface area contributed by atoms with Gasteiger partial charge in [-0.05, 0) is 48.9 Å². The van der Waals surface area contributed by atoms with Gasteiger partial charge in [0.1, 0.15) is 25.4 Å². The maximum atomic E-state index is 12.6. The number of fused-ring (bicyclic) bond motifs is 2. The molecule has 0 radical (unpaired) electrons. The van der Waals surface area contributed by atoms with Crippen LogP contribution in [0, 0.1) is 0 Å². The van der Waals surface area contributed by atoms with Crippen molar-refractivity contribution >= 4 is 28.5 Å². The van der Waals surface area contributed by atoms with Crippen molar-refractivity contribution in [1.29, 1.82) is 0 Å². The Bertz CT molecular complexity index is 1500. The largest absolute Gasteiger partial charge is 0.478 e. The van der Waals surface area contributed by atoms with Gasteiger partial charge in [-0.15, -0.1) is 0 Å². The van der Waals surface area contributed by atoms with E-state index in [0.717, 1.165) is 27.6 Å². The Balaban J connectivity index is 2.00. The van der Waals surface area contributed by atoms with E-state index >= 15 is 0 Å². The van der Waals surface area contributed by atoms with Crippen molar-refractivity contribution in [2.75, 3.05) is 46.2 Å². The molecule has 1 heterocycles. The number of carbonyl (C=O) groups is 2. The van der Waals surface area contributed by atoms with Crippen LogP contribution in [0.2, 0.25) is 0 Å². The first-order valence-corrected chi connectivity index (χ1v) is 11.8. The summed E-state index contributed by atoms with van der Waals surface area (Å²) in [5, 5.41) is 14.7. The number of hydrogen-bond donors (Lipinski definition) is 3. The van der Waals surface area contributed by atoms with Crippen molar-refractivity contribution in [3.63, 3.8) is 0 Å². The van der Waals surface area contributed by atoms with Gasteiger partial charge in [0.25, 0.3) is 5.91 Å². The summed E-state index contributed by atoms with van der Waals surface area (Å²) in [6.07, 6.45) is 0.644. The molecule has 0 unspecified atom stereocenters. The summed E-state index contributed by atoms with van der Waals surface area (Å²) in [6, 6.07) is 16.5. The zero-order valence-electron chi connectivity index (χ0n) is 21.0. The predicted octanol–water partition coefficient (Wildman–Crippen LogP) is 3.08. The maximum absolute atomic E-state index is 12.6. The van der Waals surface area contributed by atoms with Crippen LogP contribution in [0.5, 0.6) is 0 Å². The molecular formula is C28H31N4O4+. The lowest BCUT2D eigenvalue weighted by Crippen LogP contribution is -2.26. The summed E-state index contributed by atoms with van der Waals surface area (Å²) < 4.78 is 8.31. The highest BCUT2D eigenvalue weighted by atomic mass is 16.4. The molecule has 1 aliphatic heterocycles. The van der Waals surface area contributed by atoms with Crippen LogP contribution in [0.3, 0.4) is 0 Å². The van der Waals surface area contributed by atoms with Crippen molar-refractivity contribution < 1.29 is 19.1 Å². The second-order valence-electron chi connectivity index (χ2n) is 9.09. The molecular weight excluding hydrogens is 456 g/mol. The van der Waals surface area contributed by atoms with Crippen LogP contribution < -0.4 is 25.9 Å². The highest BCUT2D eigenvalue weighted by molar-refractivity contribution is 6.09. The third-order valence-electron chi connectivity index (χ3n) is 6.17. The fourth-order valence-electron chi connectivity index (χ4n) is 4.20. The molecule has 2 aliphatic rings. The SMILES string of the molecule is CN(C)c1ccc2c(-c3ccc(C(=O)NCCCN)cc3C(=O)O)c3ccc(=[N+](C)C)cc-3oc2c1. The number of nitrogens with zero attached hydrogens (tertiary/aromatic N) is 2. The molecule has 0 fully saturated rings. The van der Waals surface area contributed by atoms with Crippen LogP contribution in [-0.4, -0.2) is 58.3 Å². The molecule has 4 N–H and O–H groups in total. The number of amides is 1. The lowest BCUT2D eigenvalue weighted by Gasteiger charge is -2.19. The van der Waals surface area contributed by atoms with E-state index in [1.54, 1.807) is 12.1 Å². The zero-order valence-corrected chi connectivity index (χ0v) is 21.0. The van der Waals surface area contributed by atoms with Gasteiger partial charge in [0, 0.05) is 60.5 Å². The molecule has 4 rings (SSSR count). The fraction of sp³-hybridized carbons (Fsp3) is 0.250. The number of benzene rings is 3. The smallest absolute Gasteiger partial charge is 0.336 e. The summed E-state index contributed by atoms with van der Waals surface area (Å²) in [7, 11) is 7.81. The topological polar surface area (TPSA) is 112 Å². The lowest BCUT2D eigenvalue weighted by atomic mass is 9.89. The number of rotatable bonds is 7. The predicted molar refractivity (Wildman–Crippen MR) is 143 cm³/mol. The summed E-state index contributed by atoms with van der Waals surface area (Å²) >= 11 is 0. The molecule has 0 aromatic heterocycles.